The summed E-state index contributed by atoms with van der Waals surface area (Å²) in [5, 5.41) is 23.4. The van der Waals surface area contributed by atoms with Gasteiger partial charge in [-0.1, -0.05) is 308 Å². The van der Waals surface area contributed by atoms with Crippen LogP contribution in [-0.4, -0.2) is 34.9 Å². The first-order valence-corrected chi connectivity index (χ1v) is 30.9. The fraction of sp³-hybridized carbons (Fsp3) is 0.667. The maximum absolute atomic E-state index is 12.5. The molecule has 0 saturated carbocycles. The second-order valence-electron chi connectivity index (χ2n) is 20.4. The van der Waals surface area contributed by atoms with Gasteiger partial charge in [-0.3, -0.25) is 4.79 Å². The monoisotopic (exact) mass is 1010 g/mol. The molecule has 0 saturated heterocycles. The van der Waals surface area contributed by atoms with E-state index in [4.69, 9.17) is 0 Å². The van der Waals surface area contributed by atoms with Crippen LogP contribution in [0.2, 0.25) is 0 Å². The third-order valence-electron chi connectivity index (χ3n) is 13.4. The van der Waals surface area contributed by atoms with Crippen molar-refractivity contribution in [1.82, 2.24) is 5.32 Å². The van der Waals surface area contributed by atoms with Crippen LogP contribution in [0.25, 0.3) is 0 Å². The molecule has 0 aliphatic heterocycles. The van der Waals surface area contributed by atoms with Crippen LogP contribution >= 0.6 is 0 Å². The van der Waals surface area contributed by atoms with Crippen molar-refractivity contribution in [3.63, 3.8) is 0 Å². The molecular weight excluding hydrogens is 891 g/mol. The molecule has 4 heteroatoms. The number of carbonyl (C=O) groups excluding carboxylic acids is 1. The fourth-order valence-electron chi connectivity index (χ4n) is 8.78. The number of unbranched alkanes of at least 4 members (excludes halogenated alkanes) is 26. The number of amides is 1. The highest BCUT2D eigenvalue weighted by atomic mass is 16.3. The molecule has 0 heterocycles. The summed E-state index contributed by atoms with van der Waals surface area (Å²) in [5.74, 6) is -0.0657. The first-order chi connectivity index (χ1) is 36.2. The topological polar surface area (TPSA) is 69.6 Å². The Balaban J connectivity index is 3.64. The van der Waals surface area contributed by atoms with Crippen molar-refractivity contribution in [2.45, 2.75) is 289 Å². The Kier molecular flexibility index (Phi) is 59.8. The minimum atomic E-state index is -0.685. The molecule has 0 aromatic carbocycles. The highest BCUT2D eigenvalue weighted by molar-refractivity contribution is 5.76. The van der Waals surface area contributed by atoms with Crippen molar-refractivity contribution in [3.8, 4) is 0 Å². The van der Waals surface area contributed by atoms with Gasteiger partial charge in [-0.25, -0.2) is 0 Å². The van der Waals surface area contributed by atoms with Crippen LogP contribution < -0.4 is 5.32 Å². The van der Waals surface area contributed by atoms with Crippen LogP contribution in [0.4, 0.5) is 0 Å². The predicted molar refractivity (Wildman–Crippen MR) is 326 cm³/mol. The molecule has 0 aliphatic carbocycles. The van der Waals surface area contributed by atoms with Gasteiger partial charge in [0.05, 0.1) is 18.8 Å². The number of allylic oxidation sites excluding steroid dienone is 22. The van der Waals surface area contributed by atoms with Gasteiger partial charge < -0.3 is 15.5 Å². The normalized spacial score (nSPS) is 13.8. The van der Waals surface area contributed by atoms with Crippen LogP contribution in [0.3, 0.4) is 0 Å². The molecular formula is C69H117NO3. The Morgan fingerprint density at radius 2 is 0.603 bits per heavy atom. The first kappa shape index (κ1) is 69.5. The molecule has 0 spiro atoms. The maximum Gasteiger partial charge on any atom is 0.220 e. The van der Waals surface area contributed by atoms with Gasteiger partial charge >= 0.3 is 0 Å². The largest absolute Gasteiger partial charge is 0.394 e. The van der Waals surface area contributed by atoms with Crippen LogP contribution in [0.1, 0.15) is 277 Å². The van der Waals surface area contributed by atoms with E-state index >= 15 is 0 Å². The molecule has 0 aliphatic rings. The molecule has 0 aromatic rings. The van der Waals surface area contributed by atoms with E-state index in [0.717, 1.165) is 109 Å². The summed E-state index contributed by atoms with van der Waals surface area (Å²) in [6.07, 6.45) is 97.3. The predicted octanol–water partition coefficient (Wildman–Crippen LogP) is 21.0. The van der Waals surface area contributed by atoms with Gasteiger partial charge in [-0.05, 0) is 96.3 Å². The second kappa shape index (κ2) is 62.8. The summed E-state index contributed by atoms with van der Waals surface area (Å²) < 4.78 is 0. The minimum absolute atomic E-state index is 0.0657. The summed E-state index contributed by atoms with van der Waals surface area (Å²) in [6.45, 7) is 4.24. The number of aliphatic hydroxyl groups is 2. The van der Waals surface area contributed by atoms with Crippen molar-refractivity contribution in [2.24, 2.45) is 0 Å². The quantitative estimate of drug-likeness (QED) is 0.0420. The average molecular weight is 1010 g/mol. The molecule has 2 atom stereocenters. The SMILES string of the molecule is CC/C=C\C/C=C\C/C=C\C/C=C\C/C=C\C/C=C\C/C=C\C/C=C\C/C=C\C/C=C\C/C=C\CCCCCC(=O)NC(CO)C(O)CCCCCCCCCCCCCCCCCCCCCCCCCC. The second-order valence-corrected chi connectivity index (χ2v) is 20.4. The van der Waals surface area contributed by atoms with Gasteiger partial charge in [0, 0.05) is 6.42 Å². The smallest absolute Gasteiger partial charge is 0.220 e. The lowest BCUT2D eigenvalue weighted by Crippen LogP contribution is -2.45. The number of aliphatic hydroxyl groups excluding tert-OH is 2. The van der Waals surface area contributed by atoms with E-state index in [-0.39, 0.29) is 12.5 Å². The Hall–Kier alpha value is -3.47. The fourth-order valence-corrected chi connectivity index (χ4v) is 8.78. The molecule has 2 unspecified atom stereocenters. The van der Waals surface area contributed by atoms with E-state index in [1.54, 1.807) is 0 Å². The lowest BCUT2D eigenvalue weighted by Gasteiger charge is -2.22. The van der Waals surface area contributed by atoms with E-state index in [0.29, 0.717) is 12.8 Å². The van der Waals surface area contributed by atoms with Gasteiger partial charge in [-0.15, -0.1) is 0 Å². The molecule has 0 aromatic heterocycles. The molecule has 0 fully saturated rings. The van der Waals surface area contributed by atoms with E-state index < -0.39 is 12.1 Å². The summed E-state index contributed by atoms with van der Waals surface area (Å²) in [6, 6.07) is -0.566. The Morgan fingerprint density at radius 1 is 0.342 bits per heavy atom. The van der Waals surface area contributed by atoms with Gasteiger partial charge in [0.25, 0.3) is 0 Å². The third-order valence-corrected chi connectivity index (χ3v) is 13.4. The lowest BCUT2D eigenvalue weighted by molar-refractivity contribution is -0.123. The van der Waals surface area contributed by atoms with Crippen molar-refractivity contribution in [2.75, 3.05) is 6.61 Å². The minimum Gasteiger partial charge on any atom is -0.394 e. The zero-order valence-corrected chi connectivity index (χ0v) is 47.9. The third kappa shape index (κ3) is 59.3. The number of hydrogen-bond donors (Lipinski definition) is 3. The molecule has 416 valence electrons. The van der Waals surface area contributed by atoms with Crippen molar-refractivity contribution in [3.05, 3.63) is 134 Å². The maximum atomic E-state index is 12.5. The molecule has 1 amide bonds. The van der Waals surface area contributed by atoms with E-state index in [2.05, 4.69) is 153 Å². The highest BCUT2D eigenvalue weighted by Gasteiger charge is 2.20. The summed E-state index contributed by atoms with van der Waals surface area (Å²) in [4.78, 5) is 12.5. The highest BCUT2D eigenvalue weighted by Crippen LogP contribution is 2.17. The van der Waals surface area contributed by atoms with Crippen molar-refractivity contribution >= 4 is 5.91 Å². The number of carbonyl (C=O) groups is 1. The van der Waals surface area contributed by atoms with Gasteiger partial charge in [-0.2, -0.15) is 0 Å². The van der Waals surface area contributed by atoms with Crippen LogP contribution in [0, 0.1) is 0 Å². The Labute approximate surface area is 453 Å². The van der Waals surface area contributed by atoms with Crippen LogP contribution in [-0.2, 0) is 4.79 Å². The van der Waals surface area contributed by atoms with E-state index in [9.17, 15) is 15.0 Å². The molecule has 0 radical (unpaired) electrons. The molecule has 3 N–H and O–H groups in total. The van der Waals surface area contributed by atoms with Crippen molar-refractivity contribution < 1.29 is 15.0 Å². The molecule has 0 rings (SSSR count). The average Bonchev–Trinajstić information content (AvgIpc) is 3.40. The van der Waals surface area contributed by atoms with E-state index in [1.165, 1.54) is 141 Å². The first-order valence-electron chi connectivity index (χ1n) is 30.9. The number of hydrogen-bond acceptors (Lipinski definition) is 3. The Morgan fingerprint density at radius 3 is 0.890 bits per heavy atom. The van der Waals surface area contributed by atoms with E-state index in [1.807, 2.05) is 0 Å². The van der Waals surface area contributed by atoms with Crippen LogP contribution in [0.15, 0.2) is 134 Å². The molecule has 0 bridgehead atoms. The zero-order chi connectivity index (χ0) is 52.7. The zero-order valence-electron chi connectivity index (χ0n) is 47.9. The Bertz CT molecular complexity index is 1470. The summed E-state index contributed by atoms with van der Waals surface area (Å²) in [5.41, 5.74) is 0. The summed E-state index contributed by atoms with van der Waals surface area (Å²) >= 11 is 0. The van der Waals surface area contributed by atoms with Gasteiger partial charge in [0.15, 0.2) is 0 Å². The summed E-state index contributed by atoms with van der Waals surface area (Å²) in [7, 11) is 0. The number of nitrogens with one attached hydrogen (secondary N) is 1. The van der Waals surface area contributed by atoms with Crippen molar-refractivity contribution in [1.29, 1.82) is 0 Å². The molecule has 73 heavy (non-hydrogen) atoms. The van der Waals surface area contributed by atoms with Gasteiger partial charge in [0.1, 0.15) is 0 Å². The van der Waals surface area contributed by atoms with Gasteiger partial charge in [0.2, 0.25) is 5.91 Å². The lowest BCUT2D eigenvalue weighted by atomic mass is 10.0. The molecule has 4 nitrogen and oxygen atoms in total. The standard InChI is InChI=1S/C69H117NO3/c1-3-5-7-9-11-13-15-17-19-21-23-25-27-29-30-31-32-33-34-35-36-37-38-39-40-41-43-45-47-49-51-53-55-57-59-61-63-65-69(73)70-67(66-71)68(72)64-62-60-58-56-54-52-50-48-46-44-42-28-26-24-22-20-18-16-14-12-10-8-6-4-2/h5,7,11,13,17,19,23,25,29-30,32-33,35-36,38-39,41,43,47,49,53,55,67-68,71-72H,3-4,6,8-10,12,14-16,18,20-22,24,26-28,31,34,37,40,42,44-46,48,50-52,54,56-66H2,1-2H3,(H,70,73)/b7-5-,13-11-,19-17-,25-23-,30-29-,33-32-,36-35-,39-38-,43-41-,49-47-,55-53-. The number of rotatable bonds is 55. The van der Waals surface area contributed by atoms with Crippen LogP contribution in [0.5, 0.6) is 0 Å².